The maximum atomic E-state index is 12.5. The first kappa shape index (κ1) is 16.9. The van der Waals surface area contributed by atoms with Gasteiger partial charge in [0.15, 0.2) is 6.61 Å². The standard InChI is InChI=1S/C13H11F5O3/c1-9(7-20-10-5-3-2-4-6-10)11(19)21-8-12(14,15)13(16,17)18/h2-6H,1,7-8H2. The van der Waals surface area contributed by atoms with E-state index < -0.39 is 24.7 Å². The average molecular weight is 310 g/mol. The third-order valence-corrected chi connectivity index (χ3v) is 2.24. The lowest BCUT2D eigenvalue weighted by Crippen LogP contribution is -2.41. The van der Waals surface area contributed by atoms with Crippen LogP contribution in [0.5, 0.6) is 5.75 Å². The van der Waals surface area contributed by atoms with E-state index in [-0.39, 0.29) is 12.2 Å². The van der Waals surface area contributed by atoms with Crippen LogP contribution < -0.4 is 4.74 Å². The Morgan fingerprint density at radius 1 is 1.10 bits per heavy atom. The van der Waals surface area contributed by atoms with Crippen LogP contribution in [-0.4, -0.2) is 31.3 Å². The predicted octanol–water partition coefficient (Wildman–Crippen LogP) is 3.36. The summed E-state index contributed by atoms with van der Waals surface area (Å²) in [5, 5.41) is 0. The van der Waals surface area contributed by atoms with Crippen molar-refractivity contribution < 1.29 is 36.2 Å². The highest BCUT2D eigenvalue weighted by atomic mass is 19.4. The molecule has 0 heterocycles. The second-order valence-corrected chi connectivity index (χ2v) is 3.98. The molecule has 3 nitrogen and oxygen atoms in total. The number of rotatable bonds is 6. The average Bonchev–Trinajstić information content (AvgIpc) is 2.42. The molecule has 0 atom stereocenters. The first-order valence-corrected chi connectivity index (χ1v) is 5.61. The number of alkyl halides is 5. The van der Waals surface area contributed by atoms with Crippen LogP contribution in [0.1, 0.15) is 0 Å². The molecule has 1 aromatic carbocycles. The molecule has 0 saturated carbocycles. The molecule has 8 heteroatoms. The lowest BCUT2D eigenvalue weighted by Gasteiger charge is -2.19. The van der Waals surface area contributed by atoms with E-state index in [9.17, 15) is 26.7 Å². The van der Waals surface area contributed by atoms with Gasteiger partial charge in [0.25, 0.3) is 0 Å². The Hall–Kier alpha value is -2.12. The number of carbonyl (C=O) groups excluding carboxylic acids is 1. The number of carbonyl (C=O) groups is 1. The molecule has 0 bridgehead atoms. The summed E-state index contributed by atoms with van der Waals surface area (Å²) in [7, 11) is 0. The van der Waals surface area contributed by atoms with E-state index in [0.717, 1.165) is 0 Å². The van der Waals surface area contributed by atoms with Gasteiger partial charge in [0.2, 0.25) is 0 Å². The van der Waals surface area contributed by atoms with Crippen molar-refractivity contribution in [2.75, 3.05) is 13.2 Å². The molecule has 1 rings (SSSR count). The van der Waals surface area contributed by atoms with Gasteiger partial charge in [0.05, 0.1) is 5.57 Å². The Kier molecular flexibility index (Phi) is 5.28. The highest BCUT2D eigenvalue weighted by Gasteiger charge is 2.58. The van der Waals surface area contributed by atoms with E-state index in [4.69, 9.17) is 4.74 Å². The predicted molar refractivity (Wildman–Crippen MR) is 63.0 cm³/mol. The van der Waals surface area contributed by atoms with Crippen molar-refractivity contribution in [3.63, 3.8) is 0 Å². The minimum absolute atomic E-state index is 0.378. The fraction of sp³-hybridized carbons (Fsp3) is 0.308. The number of esters is 1. The Bertz CT molecular complexity index is 496. The normalized spacial score (nSPS) is 11.9. The van der Waals surface area contributed by atoms with Crippen molar-refractivity contribution in [3.8, 4) is 5.75 Å². The number of ether oxygens (including phenoxy) is 2. The molecule has 0 saturated heterocycles. The van der Waals surface area contributed by atoms with Crippen LogP contribution in [0.4, 0.5) is 22.0 Å². The third-order valence-electron chi connectivity index (χ3n) is 2.24. The second-order valence-electron chi connectivity index (χ2n) is 3.98. The van der Waals surface area contributed by atoms with Crippen LogP contribution in [0, 0.1) is 0 Å². The van der Waals surface area contributed by atoms with E-state index in [0.29, 0.717) is 5.75 Å². The maximum Gasteiger partial charge on any atom is 0.456 e. The molecular weight excluding hydrogens is 299 g/mol. The molecule has 0 unspecified atom stereocenters. The Labute approximate surface area is 117 Å². The molecular formula is C13H11F5O3. The molecule has 0 fully saturated rings. The van der Waals surface area contributed by atoms with Gasteiger partial charge in [-0.3, -0.25) is 0 Å². The van der Waals surface area contributed by atoms with Crippen LogP contribution in [-0.2, 0) is 9.53 Å². The molecule has 0 N–H and O–H groups in total. The Balaban J connectivity index is 2.44. The lowest BCUT2D eigenvalue weighted by atomic mass is 10.3. The first-order chi connectivity index (χ1) is 9.63. The van der Waals surface area contributed by atoms with E-state index in [1.54, 1.807) is 30.3 Å². The maximum absolute atomic E-state index is 12.5. The van der Waals surface area contributed by atoms with Crippen molar-refractivity contribution in [1.29, 1.82) is 0 Å². The monoisotopic (exact) mass is 310 g/mol. The molecule has 0 aromatic heterocycles. The number of halogens is 5. The van der Waals surface area contributed by atoms with Gasteiger partial charge >= 0.3 is 18.1 Å². The van der Waals surface area contributed by atoms with Gasteiger partial charge in [0, 0.05) is 0 Å². The number of para-hydroxylation sites is 1. The van der Waals surface area contributed by atoms with E-state index in [1.807, 2.05) is 0 Å². The van der Waals surface area contributed by atoms with E-state index in [1.165, 1.54) is 0 Å². The molecule has 0 aliphatic heterocycles. The number of hydrogen-bond acceptors (Lipinski definition) is 3. The molecule has 21 heavy (non-hydrogen) atoms. The summed E-state index contributed by atoms with van der Waals surface area (Å²) in [6, 6.07) is 8.16. The number of hydrogen-bond donors (Lipinski definition) is 0. The van der Waals surface area contributed by atoms with Crippen molar-refractivity contribution in [1.82, 2.24) is 0 Å². The molecule has 0 radical (unpaired) electrons. The van der Waals surface area contributed by atoms with Gasteiger partial charge in [0.1, 0.15) is 12.4 Å². The molecule has 0 spiro atoms. The summed E-state index contributed by atoms with van der Waals surface area (Å²) < 4.78 is 69.7. The van der Waals surface area contributed by atoms with Crippen molar-refractivity contribution in [2.45, 2.75) is 12.1 Å². The zero-order valence-electron chi connectivity index (χ0n) is 10.6. The summed E-state index contributed by atoms with van der Waals surface area (Å²) in [6.07, 6.45) is -5.78. The lowest BCUT2D eigenvalue weighted by molar-refractivity contribution is -0.293. The van der Waals surface area contributed by atoms with Crippen molar-refractivity contribution in [2.24, 2.45) is 0 Å². The topological polar surface area (TPSA) is 35.5 Å². The van der Waals surface area contributed by atoms with Crippen LogP contribution in [0.25, 0.3) is 0 Å². The highest BCUT2D eigenvalue weighted by molar-refractivity contribution is 5.88. The van der Waals surface area contributed by atoms with Gasteiger partial charge in [-0.05, 0) is 12.1 Å². The Morgan fingerprint density at radius 3 is 2.19 bits per heavy atom. The van der Waals surface area contributed by atoms with Gasteiger partial charge in [-0.15, -0.1) is 0 Å². The third kappa shape index (κ3) is 5.05. The molecule has 0 aliphatic rings. The van der Waals surface area contributed by atoms with Gasteiger partial charge in [-0.2, -0.15) is 22.0 Å². The summed E-state index contributed by atoms with van der Waals surface area (Å²) in [4.78, 5) is 11.2. The quantitative estimate of drug-likeness (QED) is 0.459. The second kappa shape index (κ2) is 6.55. The smallest absolute Gasteiger partial charge is 0.456 e. The van der Waals surface area contributed by atoms with Gasteiger partial charge < -0.3 is 9.47 Å². The SMILES string of the molecule is C=C(COc1ccccc1)C(=O)OCC(F)(F)C(F)(F)F. The minimum Gasteiger partial charge on any atom is -0.489 e. The summed E-state index contributed by atoms with van der Waals surface area (Å²) in [5.74, 6) is -6.11. The first-order valence-electron chi connectivity index (χ1n) is 5.61. The molecule has 0 amide bonds. The van der Waals surface area contributed by atoms with E-state index in [2.05, 4.69) is 11.3 Å². The fourth-order valence-electron chi connectivity index (χ4n) is 1.09. The summed E-state index contributed by atoms with van der Waals surface area (Å²) in [5.41, 5.74) is -0.378. The van der Waals surface area contributed by atoms with Crippen molar-refractivity contribution >= 4 is 5.97 Å². The fourth-order valence-corrected chi connectivity index (χ4v) is 1.09. The summed E-state index contributed by atoms with van der Waals surface area (Å²) >= 11 is 0. The van der Waals surface area contributed by atoms with Crippen LogP contribution in [0.3, 0.4) is 0 Å². The minimum atomic E-state index is -5.78. The molecule has 116 valence electrons. The molecule has 1 aromatic rings. The zero-order valence-corrected chi connectivity index (χ0v) is 10.6. The van der Waals surface area contributed by atoms with Crippen LogP contribution in [0.15, 0.2) is 42.5 Å². The van der Waals surface area contributed by atoms with Crippen LogP contribution in [0.2, 0.25) is 0 Å². The van der Waals surface area contributed by atoms with Crippen molar-refractivity contribution in [3.05, 3.63) is 42.5 Å². The zero-order chi connectivity index (χ0) is 16.1. The van der Waals surface area contributed by atoms with E-state index >= 15 is 0 Å². The number of benzene rings is 1. The largest absolute Gasteiger partial charge is 0.489 e. The van der Waals surface area contributed by atoms with Gasteiger partial charge in [-0.1, -0.05) is 24.8 Å². The van der Waals surface area contributed by atoms with Crippen LogP contribution >= 0.6 is 0 Å². The molecule has 0 aliphatic carbocycles. The summed E-state index contributed by atoms with van der Waals surface area (Å²) in [6.45, 7) is 0.721. The highest BCUT2D eigenvalue weighted by Crippen LogP contribution is 2.35. The van der Waals surface area contributed by atoms with Gasteiger partial charge in [-0.25, -0.2) is 4.79 Å². The Morgan fingerprint density at radius 2 is 1.67 bits per heavy atom.